The fraction of sp³-hybridized carbons (Fsp3) is 0.150. The molecule has 0 unspecified atom stereocenters. The van der Waals surface area contributed by atoms with Crippen molar-refractivity contribution in [3.8, 4) is 0 Å². The van der Waals surface area contributed by atoms with Crippen LogP contribution in [0.1, 0.15) is 27.1 Å². The molecule has 0 atom stereocenters. The molecule has 0 fully saturated rings. The largest absolute Gasteiger partial charge is 0.462 e. The summed E-state index contributed by atoms with van der Waals surface area (Å²) in [5.74, 6) is -0.947. The van der Waals surface area contributed by atoms with Crippen molar-refractivity contribution in [1.29, 1.82) is 0 Å². The van der Waals surface area contributed by atoms with Crippen LogP contribution in [-0.2, 0) is 4.74 Å². The summed E-state index contributed by atoms with van der Waals surface area (Å²) < 4.78 is 11.2. The van der Waals surface area contributed by atoms with Gasteiger partial charge in [0.2, 0.25) is 0 Å². The van der Waals surface area contributed by atoms with Crippen LogP contribution in [0.15, 0.2) is 68.3 Å². The predicted octanol–water partition coefficient (Wildman–Crippen LogP) is 3.53. The molecule has 7 heteroatoms. The molecule has 3 aromatic rings. The molecule has 0 spiro atoms. The van der Waals surface area contributed by atoms with E-state index >= 15 is 0 Å². The van der Waals surface area contributed by atoms with Gasteiger partial charge in [-0.1, -0.05) is 34.1 Å². The number of para-hydroxylation sites is 1. The van der Waals surface area contributed by atoms with E-state index in [0.717, 1.165) is 4.47 Å². The van der Waals surface area contributed by atoms with Crippen molar-refractivity contribution in [3.63, 3.8) is 0 Å². The maximum atomic E-state index is 12.2. The van der Waals surface area contributed by atoms with Crippen molar-refractivity contribution < 1.29 is 18.7 Å². The van der Waals surface area contributed by atoms with Crippen molar-refractivity contribution in [2.75, 3.05) is 13.2 Å². The SMILES string of the molecule is O=C(OCCCNC(=O)c1cc2ccccc2oc1=O)c1ccc(Br)cc1. The second-order valence-electron chi connectivity index (χ2n) is 5.74. The van der Waals surface area contributed by atoms with E-state index in [1.807, 2.05) is 0 Å². The third kappa shape index (κ3) is 4.83. The van der Waals surface area contributed by atoms with Crippen LogP contribution in [0, 0.1) is 0 Å². The van der Waals surface area contributed by atoms with E-state index in [-0.39, 0.29) is 18.7 Å². The molecular formula is C20H16BrNO5. The zero-order valence-corrected chi connectivity index (χ0v) is 15.8. The summed E-state index contributed by atoms with van der Waals surface area (Å²) in [6.07, 6.45) is 0.424. The molecule has 6 nitrogen and oxygen atoms in total. The maximum absolute atomic E-state index is 12.2. The minimum Gasteiger partial charge on any atom is -0.462 e. The predicted molar refractivity (Wildman–Crippen MR) is 104 cm³/mol. The summed E-state index contributed by atoms with van der Waals surface area (Å²) >= 11 is 3.30. The number of halogens is 1. The Morgan fingerprint density at radius 3 is 2.59 bits per heavy atom. The summed E-state index contributed by atoms with van der Waals surface area (Å²) in [6.45, 7) is 0.417. The highest BCUT2D eigenvalue weighted by atomic mass is 79.9. The Labute approximate surface area is 163 Å². The van der Waals surface area contributed by atoms with Gasteiger partial charge in [0.05, 0.1) is 12.2 Å². The number of carbonyl (C=O) groups is 2. The summed E-state index contributed by atoms with van der Waals surface area (Å²) in [4.78, 5) is 36.0. The Hall–Kier alpha value is -2.93. The van der Waals surface area contributed by atoms with E-state index in [2.05, 4.69) is 21.2 Å². The Balaban J connectivity index is 1.48. The Morgan fingerprint density at radius 1 is 1.07 bits per heavy atom. The average molecular weight is 430 g/mol. The van der Waals surface area contributed by atoms with Crippen molar-refractivity contribution in [3.05, 3.63) is 80.6 Å². The number of carbonyl (C=O) groups excluding carboxylic acids is 2. The molecule has 138 valence electrons. The summed E-state index contributed by atoms with van der Waals surface area (Å²) in [6, 6.07) is 15.3. The van der Waals surface area contributed by atoms with Crippen molar-refractivity contribution in [1.82, 2.24) is 5.32 Å². The minimum atomic E-state index is -0.687. The van der Waals surface area contributed by atoms with Crippen LogP contribution in [0.4, 0.5) is 0 Å². The molecule has 2 aromatic carbocycles. The quantitative estimate of drug-likeness (QED) is 0.368. The highest BCUT2D eigenvalue weighted by molar-refractivity contribution is 9.10. The number of amides is 1. The average Bonchev–Trinajstić information content (AvgIpc) is 2.67. The van der Waals surface area contributed by atoms with Gasteiger partial charge in [-0.3, -0.25) is 4.79 Å². The fourth-order valence-electron chi connectivity index (χ4n) is 2.42. The molecule has 1 N–H and O–H groups in total. The lowest BCUT2D eigenvalue weighted by molar-refractivity contribution is 0.0501. The first-order valence-electron chi connectivity index (χ1n) is 8.28. The molecule has 0 aliphatic carbocycles. The second kappa shape index (κ2) is 8.64. The van der Waals surface area contributed by atoms with Gasteiger partial charge >= 0.3 is 11.6 Å². The number of fused-ring (bicyclic) bond motifs is 1. The van der Waals surface area contributed by atoms with E-state index in [9.17, 15) is 14.4 Å². The molecule has 1 amide bonds. The van der Waals surface area contributed by atoms with Gasteiger partial charge in [0, 0.05) is 16.4 Å². The number of benzene rings is 2. The van der Waals surface area contributed by atoms with Gasteiger partial charge in [0.15, 0.2) is 0 Å². The van der Waals surface area contributed by atoms with Crippen LogP contribution in [0.2, 0.25) is 0 Å². The summed E-state index contributed by atoms with van der Waals surface area (Å²) in [7, 11) is 0. The van der Waals surface area contributed by atoms with Gasteiger partial charge in [-0.25, -0.2) is 9.59 Å². The summed E-state index contributed by atoms with van der Waals surface area (Å²) in [5, 5.41) is 3.30. The lowest BCUT2D eigenvalue weighted by atomic mass is 10.2. The van der Waals surface area contributed by atoms with Gasteiger partial charge in [-0.2, -0.15) is 0 Å². The first kappa shape index (κ1) is 18.8. The van der Waals surface area contributed by atoms with E-state index in [0.29, 0.717) is 23.0 Å². The smallest absolute Gasteiger partial charge is 0.349 e. The Morgan fingerprint density at radius 2 is 1.81 bits per heavy atom. The fourth-order valence-corrected chi connectivity index (χ4v) is 2.69. The van der Waals surface area contributed by atoms with Crippen LogP contribution in [-0.4, -0.2) is 25.0 Å². The first-order valence-corrected chi connectivity index (χ1v) is 9.08. The third-order valence-electron chi connectivity index (χ3n) is 3.81. The lowest BCUT2D eigenvalue weighted by Crippen LogP contribution is -2.29. The third-order valence-corrected chi connectivity index (χ3v) is 4.33. The number of nitrogens with one attached hydrogen (secondary N) is 1. The van der Waals surface area contributed by atoms with Gasteiger partial charge in [-0.05, 0) is 42.8 Å². The molecule has 1 heterocycles. The molecule has 0 aliphatic rings. The molecule has 0 radical (unpaired) electrons. The Kier molecular flexibility index (Phi) is 6.03. The van der Waals surface area contributed by atoms with E-state index in [1.54, 1.807) is 48.5 Å². The van der Waals surface area contributed by atoms with Crippen LogP contribution in [0.25, 0.3) is 11.0 Å². The van der Waals surface area contributed by atoms with Crippen molar-refractivity contribution in [2.45, 2.75) is 6.42 Å². The number of esters is 1. The minimum absolute atomic E-state index is 0.0550. The zero-order valence-electron chi connectivity index (χ0n) is 14.2. The Bertz CT molecular complexity index is 1030. The number of ether oxygens (including phenoxy) is 1. The van der Waals surface area contributed by atoms with Crippen LogP contribution < -0.4 is 10.9 Å². The molecular weight excluding hydrogens is 414 g/mol. The van der Waals surface area contributed by atoms with E-state index in [4.69, 9.17) is 9.15 Å². The maximum Gasteiger partial charge on any atom is 0.349 e. The highest BCUT2D eigenvalue weighted by Crippen LogP contribution is 2.13. The normalized spacial score (nSPS) is 10.6. The second-order valence-corrected chi connectivity index (χ2v) is 6.65. The number of hydrogen-bond donors (Lipinski definition) is 1. The monoisotopic (exact) mass is 429 g/mol. The molecule has 0 bridgehead atoms. The first-order chi connectivity index (χ1) is 13.0. The van der Waals surface area contributed by atoms with Crippen molar-refractivity contribution in [2.24, 2.45) is 0 Å². The van der Waals surface area contributed by atoms with Gasteiger partial charge < -0.3 is 14.5 Å². The number of rotatable bonds is 6. The van der Waals surface area contributed by atoms with Crippen molar-refractivity contribution >= 4 is 38.8 Å². The highest BCUT2D eigenvalue weighted by Gasteiger charge is 2.13. The van der Waals surface area contributed by atoms with E-state index in [1.165, 1.54) is 6.07 Å². The number of hydrogen-bond acceptors (Lipinski definition) is 5. The van der Waals surface area contributed by atoms with E-state index < -0.39 is 17.5 Å². The van der Waals surface area contributed by atoms with Gasteiger partial charge in [-0.15, -0.1) is 0 Å². The molecule has 0 saturated carbocycles. The zero-order chi connectivity index (χ0) is 19.2. The van der Waals surface area contributed by atoms with Crippen LogP contribution in [0.5, 0.6) is 0 Å². The molecule has 0 aliphatic heterocycles. The molecule has 0 saturated heterocycles. The standard InChI is InChI=1S/C20H16BrNO5/c21-15-8-6-13(7-9-15)19(24)26-11-3-10-22-18(23)16-12-14-4-1-2-5-17(14)27-20(16)25/h1-2,4-9,12H,3,10-11H2,(H,22,23). The molecule has 3 rings (SSSR count). The van der Waals surface area contributed by atoms with Gasteiger partial charge in [0.1, 0.15) is 11.1 Å². The van der Waals surface area contributed by atoms with Crippen LogP contribution in [0.3, 0.4) is 0 Å². The topological polar surface area (TPSA) is 85.6 Å². The van der Waals surface area contributed by atoms with Gasteiger partial charge in [0.25, 0.3) is 5.91 Å². The summed E-state index contributed by atoms with van der Waals surface area (Å²) in [5.41, 5.74) is 0.142. The lowest BCUT2D eigenvalue weighted by Gasteiger charge is -2.07. The van der Waals surface area contributed by atoms with Crippen LogP contribution >= 0.6 is 15.9 Å². The molecule has 1 aromatic heterocycles. The molecule has 27 heavy (non-hydrogen) atoms.